The van der Waals surface area contributed by atoms with E-state index >= 15 is 0 Å². The van der Waals surface area contributed by atoms with E-state index in [9.17, 15) is 9.18 Å². The number of benzene rings is 2. The van der Waals surface area contributed by atoms with Gasteiger partial charge in [0.25, 0.3) is 0 Å². The van der Waals surface area contributed by atoms with Gasteiger partial charge in [0.1, 0.15) is 11.6 Å². The van der Waals surface area contributed by atoms with Crippen molar-refractivity contribution in [2.75, 3.05) is 11.1 Å². The fourth-order valence-electron chi connectivity index (χ4n) is 5.38. The van der Waals surface area contributed by atoms with Crippen molar-refractivity contribution in [1.29, 1.82) is 0 Å². The molecule has 5 atom stereocenters. The molecule has 0 bridgehead atoms. The van der Waals surface area contributed by atoms with Crippen LogP contribution in [0.5, 0.6) is 5.75 Å². The van der Waals surface area contributed by atoms with Gasteiger partial charge >= 0.3 is 0 Å². The summed E-state index contributed by atoms with van der Waals surface area (Å²) in [5, 5.41) is 3.71. The lowest BCUT2D eigenvalue weighted by Crippen LogP contribution is -2.27. The van der Waals surface area contributed by atoms with Crippen LogP contribution in [0.2, 0.25) is 0 Å². The second-order valence-corrected chi connectivity index (χ2v) is 8.68. The van der Waals surface area contributed by atoms with Gasteiger partial charge in [0.15, 0.2) is 0 Å². The molecule has 160 valence electrons. The highest BCUT2D eigenvalue weighted by atomic mass is 19.1. The number of nitrogens with zero attached hydrogens (tertiary/aromatic N) is 1. The van der Waals surface area contributed by atoms with Crippen LogP contribution in [0.25, 0.3) is 10.9 Å². The van der Waals surface area contributed by atoms with Gasteiger partial charge in [0.05, 0.1) is 23.0 Å². The molecule has 3 N–H and O–H groups in total. The Kier molecular flexibility index (Phi) is 5.00. The van der Waals surface area contributed by atoms with Gasteiger partial charge in [0.2, 0.25) is 5.91 Å². The van der Waals surface area contributed by atoms with Crippen molar-refractivity contribution < 1.29 is 13.9 Å². The molecule has 2 aliphatic rings. The van der Waals surface area contributed by atoms with Gasteiger partial charge in [-0.3, -0.25) is 9.78 Å². The molecule has 5 nitrogen and oxygen atoms in total. The third kappa shape index (κ3) is 3.71. The van der Waals surface area contributed by atoms with E-state index in [-0.39, 0.29) is 23.7 Å². The van der Waals surface area contributed by atoms with Gasteiger partial charge in [0, 0.05) is 17.5 Å². The summed E-state index contributed by atoms with van der Waals surface area (Å²) in [5.41, 5.74) is 7.96. The number of pyridine rings is 1. The zero-order valence-corrected chi connectivity index (χ0v) is 17.4. The first-order valence-electron chi connectivity index (χ1n) is 10.9. The van der Waals surface area contributed by atoms with Crippen LogP contribution in [-0.2, 0) is 4.79 Å². The average Bonchev–Trinajstić information content (AvgIpc) is 3.23. The molecule has 0 spiro atoms. The first kappa shape index (κ1) is 19.8. The number of hydrogen-bond acceptors (Lipinski definition) is 4. The van der Waals surface area contributed by atoms with Crippen molar-refractivity contribution in [2.24, 2.45) is 23.7 Å². The maximum atomic E-state index is 13.7. The summed E-state index contributed by atoms with van der Waals surface area (Å²) in [6.07, 6.45) is 4.43. The minimum atomic E-state index is -0.296. The summed E-state index contributed by atoms with van der Waals surface area (Å²) in [6.45, 7) is 2.07. The summed E-state index contributed by atoms with van der Waals surface area (Å²) in [7, 11) is 0. The minimum Gasteiger partial charge on any atom is -0.490 e. The van der Waals surface area contributed by atoms with E-state index in [1.165, 1.54) is 12.1 Å². The Balaban J connectivity index is 1.23. The predicted molar refractivity (Wildman–Crippen MR) is 119 cm³/mol. The highest BCUT2D eigenvalue weighted by molar-refractivity contribution is 5.95. The molecule has 5 rings (SSSR count). The molecule has 2 aliphatic carbocycles. The largest absolute Gasteiger partial charge is 0.490 e. The topological polar surface area (TPSA) is 77.2 Å². The van der Waals surface area contributed by atoms with Crippen molar-refractivity contribution >= 4 is 28.2 Å². The van der Waals surface area contributed by atoms with Gasteiger partial charge in [-0.15, -0.1) is 0 Å². The number of amides is 1. The smallest absolute Gasteiger partial charge is 0.227 e. The number of ether oxygens (including phenoxy) is 1. The SMILES string of the molecule is CCC(C(=O)Nc1ccccc1N)C1[C@H]2CC(Oc3ccnc4ccc(F)cc34)C[C@@H]12. The van der Waals surface area contributed by atoms with Crippen molar-refractivity contribution in [3.8, 4) is 5.75 Å². The van der Waals surface area contributed by atoms with Gasteiger partial charge in [-0.25, -0.2) is 4.39 Å². The van der Waals surface area contributed by atoms with E-state index in [0.29, 0.717) is 40.3 Å². The van der Waals surface area contributed by atoms with Gasteiger partial charge in [-0.2, -0.15) is 0 Å². The number of nitrogen functional groups attached to an aromatic ring is 1. The number of carbonyl (C=O) groups is 1. The van der Waals surface area contributed by atoms with Crippen molar-refractivity contribution in [3.63, 3.8) is 0 Å². The van der Waals surface area contributed by atoms with E-state index < -0.39 is 0 Å². The van der Waals surface area contributed by atoms with Crippen LogP contribution in [0.1, 0.15) is 26.2 Å². The molecule has 3 aromatic rings. The molecule has 6 heteroatoms. The first-order chi connectivity index (χ1) is 15.0. The molecule has 0 radical (unpaired) electrons. The maximum Gasteiger partial charge on any atom is 0.227 e. The number of carbonyl (C=O) groups excluding carboxylic acids is 1. The van der Waals surface area contributed by atoms with E-state index in [1.54, 1.807) is 24.4 Å². The van der Waals surface area contributed by atoms with Gasteiger partial charge < -0.3 is 15.8 Å². The number of nitrogens with one attached hydrogen (secondary N) is 1. The summed E-state index contributed by atoms with van der Waals surface area (Å²) in [4.78, 5) is 17.2. The maximum absolute atomic E-state index is 13.7. The predicted octanol–water partition coefficient (Wildman–Crippen LogP) is 5.02. The Labute approximate surface area is 180 Å². The molecule has 3 unspecified atom stereocenters. The zero-order valence-electron chi connectivity index (χ0n) is 17.4. The summed E-state index contributed by atoms with van der Waals surface area (Å²) < 4.78 is 20.0. The zero-order chi connectivity index (χ0) is 21.5. The quantitative estimate of drug-likeness (QED) is 0.550. The Morgan fingerprint density at radius 3 is 2.74 bits per heavy atom. The number of rotatable bonds is 6. The number of aromatic nitrogens is 1. The van der Waals surface area contributed by atoms with E-state index in [4.69, 9.17) is 10.5 Å². The molecule has 1 amide bonds. The van der Waals surface area contributed by atoms with Crippen LogP contribution in [0.4, 0.5) is 15.8 Å². The summed E-state index contributed by atoms with van der Waals surface area (Å²) in [5.74, 6) is 1.80. The molecule has 2 aromatic carbocycles. The number of fused-ring (bicyclic) bond motifs is 2. The first-order valence-corrected chi connectivity index (χ1v) is 10.9. The Bertz CT molecular complexity index is 1120. The van der Waals surface area contributed by atoms with Crippen LogP contribution < -0.4 is 15.8 Å². The van der Waals surface area contributed by atoms with Gasteiger partial charge in [-0.05, 0) is 73.4 Å². The van der Waals surface area contributed by atoms with Crippen LogP contribution in [0.3, 0.4) is 0 Å². The van der Waals surface area contributed by atoms with Crippen LogP contribution in [-0.4, -0.2) is 17.0 Å². The fraction of sp³-hybridized carbons (Fsp3) is 0.360. The highest BCUT2D eigenvalue weighted by Gasteiger charge is 2.60. The number of para-hydroxylation sites is 2. The lowest BCUT2D eigenvalue weighted by molar-refractivity contribution is -0.121. The molecule has 2 fully saturated rings. The fourth-order valence-corrected chi connectivity index (χ4v) is 5.38. The molecule has 1 aromatic heterocycles. The normalized spacial score (nSPS) is 25.1. The van der Waals surface area contributed by atoms with Crippen molar-refractivity contribution in [2.45, 2.75) is 32.3 Å². The summed E-state index contributed by atoms with van der Waals surface area (Å²) >= 11 is 0. The standard InChI is InChI=1S/C25H26FN3O2/c1-2-16(25(30)29-22-6-4-3-5-20(22)27)24-17-12-15(13-18(17)24)31-23-9-10-28-21-8-7-14(26)11-19(21)23/h3-11,15-18,24H,2,12-13,27H2,1H3,(H,29,30)/t15?,16?,17-,18+,24?. The van der Waals surface area contributed by atoms with Crippen molar-refractivity contribution in [1.82, 2.24) is 4.98 Å². The monoisotopic (exact) mass is 419 g/mol. The Hall–Kier alpha value is -3.15. The molecule has 1 heterocycles. The van der Waals surface area contributed by atoms with Crippen LogP contribution in [0, 0.1) is 29.5 Å². The molecule has 2 saturated carbocycles. The van der Waals surface area contributed by atoms with Crippen molar-refractivity contribution in [3.05, 3.63) is 60.5 Å². The number of halogens is 1. The second-order valence-electron chi connectivity index (χ2n) is 8.68. The minimum absolute atomic E-state index is 0.0218. The van der Waals surface area contributed by atoms with Crippen LogP contribution >= 0.6 is 0 Å². The molecule has 31 heavy (non-hydrogen) atoms. The number of nitrogens with two attached hydrogens (primary N) is 1. The third-order valence-electron chi connectivity index (χ3n) is 6.89. The molecule has 0 saturated heterocycles. The van der Waals surface area contributed by atoms with Crippen LogP contribution in [0.15, 0.2) is 54.7 Å². The molecule has 0 aliphatic heterocycles. The van der Waals surface area contributed by atoms with Gasteiger partial charge in [-0.1, -0.05) is 19.1 Å². The summed E-state index contributed by atoms with van der Waals surface area (Å²) in [6, 6.07) is 13.7. The van der Waals surface area contributed by atoms with E-state index in [0.717, 1.165) is 24.8 Å². The Morgan fingerprint density at radius 1 is 1.23 bits per heavy atom. The van der Waals surface area contributed by atoms with E-state index in [2.05, 4.69) is 17.2 Å². The number of hydrogen-bond donors (Lipinski definition) is 2. The lowest BCUT2D eigenvalue weighted by Gasteiger charge is -2.21. The van der Waals surface area contributed by atoms with E-state index in [1.807, 2.05) is 18.2 Å². The second kappa shape index (κ2) is 7.84. The molecular weight excluding hydrogens is 393 g/mol. The Morgan fingerprint density at radius 2 is 2.00 bits per heavy atom. The molecular formula is C25H26FN3O2. The lowest BCUT2D eigenvalue weighted by atomic mass is 9.93. The number of anilines is 2. The highest BCUT2D eigenvalue weighted by Crippen LogP contribution is 2.62. The third-order valence-corrected chi connectivity index (χ3v) is 6.89. The average molecular weight is 420 g/mol.